The Bertz CT molecular complexity index is 2010. The fourth-order valence-electron chi connectivity index (χ4n) is 6.35. The van der Waals surface area contributed by atoms with E-state index in [1.165, 1.54) is 48.8 Å². The van der Waals surface area contributed by atoms with Crippen LogP contribution in [0.1, 0.15) is 27.0 Å². The van der Waals surface area contributed by atoms with Crippen molar-refractivity contribution < 1.29 is 28.6 Å². The average Bonchev–Trinajstić information content (AvgIpc) is 3.76. The number of carbonyl (C=O) groups excluding carboxylic acids is 2. The van der Waals surface area contributed by atoms with Crippen LogP contribution in [0.5, 0.6) is 0 Å². The van der Waals surface area contributed by atoms with Crippen LogP contribution in [0.2, 0.25) is 5.02 Å². The van der Waals surface area contributed by atoms with Gasteiger partial charge in [-0.25, -0.2) is 23.8 Å². The number of hydrogen-bond acceptors (Lipinski definition) is 10. The van der Waals surface area contributed by atoms with E-state index in [2.05, 4.69) is 20.2 Å². The lowest BCUT2D eigenvalue weighted by Gasteiger charge is -2.38. The standard InChI is InChI=1S/C34H29ClFN7O5S/c1-48-33(46)28-27(39-30(31-38-10-13-49-31)40-29(28)24-7-6-21(36)14-25(24)35)18-41-11-12-42-23(16-41)17-43(34(42)47)22-8-9-37-26(15-22)19-2-4-20(5-3-19)32(44)45/h2-10,13-15,23,29H,11-12,16-18H2,1H3,(H,39,40)(H,44,45)/t23-,29-/m0/s1. The SMILES string of the molecule is COC(=O)C1=C(CN2CCN3C(=O)N(c4ccnc(-c5ccc(C(=O)O)cc5)c4)C[C@@H]3C2)NC(c2nccs2)=N[C@H]1c1ccc(F)cc1Cl. The van der Waals surface area contributed by atoms with E-state index in [1.54, 1.807) is 35.5 Å². The molecule has 2 saturated heterocycles. The highest BCUT2D eigenvalue weighted by Crippen LogP contribution is 2.37. The topological polar surface area (TPSA) is 141 Å². The van der Waals surface area contributed by atoms with Crippen molar-refractivity contribution in [2.75, 3.05) is 44.7 Å². The van der Waals surface area contributed by atoms with E-state index in [-0.39, 0.29) is 28.2 Å². The van der Waals surface area contributed by atoms with Gasteiger partial charge in [-0.1, -0.05) is 29.8 Å². The summed E-state index contributed by atoms with van der Waals surface area (Å²) in [5.74, 6) is -1.66. The molecular formula is C34H29ClFN7O5S. The van der Waals surface area contributed by atoms with E-state index in [1.807, 2.05) is 16.3 Å². The molecule has 0 radical (unpaired) electrons. The van der Waals surface area contributed by atoms with Crippen LogP contribution < -0.4 is 10.2 Å². The number of amides is 2. The molecule has 2 aromatic heterocycles. The third kappa shape index (κ3) is 6.37. The first kappa shape index (κ1) is 32.4. The second-order valence-corrected chi connectivity index (χ2v) is 13.0. The molecule has 2 N–H and O–H groups in total. The fourth-order valence-corrected chi connectivity index (χ4v) is 7.21. The maximum atomic E-state index is 14.0. The molecule has 7 rings (SSSR count). The van der Waals surface area contributed by atoms with E-state index >= 15 is 0 Å². The first-order chi connectivity index (χ1) is 23.7. The van der Waals surface area contributed by atoms with Crippen LogP contribution in [0.3, 0.4) is 0 Å². The summed E-state index contributed by atoms with van der Waals surface area (Å²) < 4.78 is 19.2. The largest absolute Gasteiger partial charge is 0.478 e. The maximum absolute atomic E-state index is 14.0. The number of carbonyl (C=O) groups is 3. The highest BCUT2D eigenvalue weighted by Gasteiger charge is 2.42. The number of aromatic carboxylic acids is 1. The number of pyridine rings is 1. The Balaban J connectivity index is 1.14. The number of urea groups is 1. The summed E-state index contributed by atoms with van der Waals surface area (Å²) in [6, 6.07) is 12.9. The number of nitrogens with zero attached hydrogens (tertiary/aromatic N) is 6. The van der Waals surface area contributed by atoms with Gasteiger partial charge in [0.2, 0.25) is 0 Å². The van der Waals surface area contributed by atoms with Crippen molar-refractivity contribution in [1.82, 2.24) is 25.1 Å². The van der Waals surface area contributed by atoms with Crippen LogP contribution in [0.4, 0.5) is 14.9 Å². The number of aliphatic imine (C=N–C) groups is 1. The second kappa shape index (κ2) is 13.4. The van der Waals surface area contributed by atoms with Crippen molar-refractivity contribution in [3.63, 3.8) is 0 Å². The van der Waals surface area contributed by atoms with Crippen molar-refractivity contribution in [3.8, 4) is 11.3 Å². The summed E-state index contributed by atoms with van der Waals surface area (Å²) in [4.78, 5) is 57.6. The molecule has 3 aliphatic heterocycles. The van der Waals surface area contributed by atoms with E-state index in [9.17, 15) is 23.9 Å². The van der Waals surface area contributed by atoms with E-state index in [4.69, 9.17) is 21.3 Å². The molecule has 0 saturated carbocycles. The molecule has 2 fully saturated rings. The van der Waals surface area contributed by atoms with Gasteiger partial charge in [0.25, 0.3) is 0 Å². The zero-order valence-corrected chi connectivity index (χ0v) is 27.6. The monoisotopic (exact) mass is 701 g/mol. The van der Waals surface area contributed by atoms with E-state index in [0.29, 0.717) is 66.2 Å². The predicted molar refractivity (Wildman–Crippen MR) is 181 cm³/mol. The van der Waals surface area contributed by atoms with Gasteiger partial charge in [0, 0.05) is 78.0 Å². The minimum Gasteiger partial charge on any atom is -0.478 e. The highest BCUT2D eigenvalue weighted by atomic mass is 35.5. The van der Waals surface area contributed by atoms with Crippen LogP contribution in [-0.4, -0.2) is 94.6 Å². The van der Waals surface area contributed by atoms with Crippen molar-refractivity contribution in [3.05, 3.63) is 111 Å². The van der Waals surface area contributed by atoms with Crippen molar-refractivity contribution in [2.45, 2.75) is 12.1 Å². The number of esters is 1. The number of ether oxygens (including phenoxy) is 1. The maximum Gasteiger partial charge on any atom is 0.338 e. The second-order valence-electron chi connectivity index (χ2n) is 11.6. The van der Waals surface area contributed by atoms with Crippen LogP contribution in [0.25, 0.3) is 11.3 Å². The van der Waals surface area contributed by atoms with E-state index in [0.717, 1.165) is 5.56 Å². The molecule has 15 heteroatoms. The lowest BCUT2D eigenvalue weighted by atomic mass is 9.95. The molecule has 0 aliphatic carbocycles. The molecule has 0 unspecified atom stereocenters. The zero-order chi connectivity index (χ0) is 34.2. The normalized spacial score (nSPS) is 19.4. The summed E-state index contributed by atoms with van der Waals surface area (Å²) in [5.41, 5.74) is 3.48. The molecule has 49 heavy (non-hydrogen) atoms. The molecule has 250 valence electrons. The molecule has 2 atom stereocenters. The first-order valence-electron chi connectivity index (χ1n) is 15.3. The Kier molecular flexibility index (Phi) is 8.84. The Morgan fingerprint density at radius 2 is 1.90 bits per heavy atom. The number of piperazine rings is 1. The Hall–Kier alpha value is -5.18. The number of rotatable bonds is 8. The molecule has 5 heterocycles. The molecular weight excluding hydrogens is 673 g/mol. The summed E-state index contributed by atoms with van der Waals surface area (Å²) in [6.45, 7) is 2.29. The van der Waals surface area contributed by atoms with Gasteiger partial charge in [-0.15, -0.1) is 11.3 Å². The quantitative estimate of drug-likeness (QED) is 0.247. The van der Waals surface area contributed by atoms with Gasteiger partial charge < -0.3 is 20.1 Å². The molecule has 0 spiro atoms. The van der Waals surface area contributed by atoms with Crippen LogP contribution in [0.15, 0.2) is 88.6 Å². The Labute approximate surface area is 289 Å². The van der Waals surface area contributed by atoms with Crippen molar-refractivity contribution >= 4 is 52.4 Å². The van der Waals surface area contributed by atoms with Gasteiger partial charge in [0.1, 0.15) is 11.9 Å². The lowest BCUT2D eigenvalue weighted by Crippen LogP contribution is -2.53. The van der Waals surface area contributed by atoms with Gasteiger partial charge in [0.05, 0.1) is 30.0 Å². The smallest absolute Gasteiger partial charge is 0.338 e. The average molecular weight is 702 g/mol. The van der Waals surface area contributed by atoms with Crippen molar-refractivity contribution in [1.29, 1.82) is 0 Å². The number of halogens is 2. The number of nitrogens with one attached hydrogen (secondary N) is 1. The third-order valence-electron chi connectivity index (χ3n) is 8.72. The number of methoxy groups -OCH3 is 1. The molecule has 2 aromatic carbocycles. The Morgan fingerprint density at radius 3 is 2.61 bits per heavy atom. The van der Waals surface area contributed by atoms with Gasteiger partial charge in [-0.05, 0) is 36.4 Å². The molecule has 4 aromatic rings. The van der Waals surface area contributed by atoms with Gasteiger partial charge in [-0.3, -0.25) is 19.8 Å². The number of anilines is 1. The highest BCUT2D eigenvalue weighted by molar-refractivity contribution is 7.11. The van der Waals surface area contributed by atoms with Gasteiger partial charge in [0.15, 0.2) is 10.8 Å². The van der Waals surface area contributed by atoms with Gasteiger partial charge >= 0.3 is 18.0 Å². The van der Waals surface area contributed by atoms with Crippen molar-refractivity contribution in [2.24, 2.45) is 4.99 Å². The number of amidine groups is 1. The minimum absolute atomic E-state index is 0.113. The molecule has 3 aliphatic rings. The number of carboxylic acids is 1. The number of hydrogen-bond donors (Lipinski definition) is 2. The third-order valence-corrected chi connectivity index (χ3v) is 9.83. The molecule has 12 nitrogen and oxygen atoms in total. The number of aromatic nitrogens is 2. The van der Waals surface area contributed by atoms with Crippen LogP contribution >= 0.6 is 22.9 Å². The number of thiazole rings is 1. The minimum atomic E-state index is -1.01. The first-order valence-corrected chi connectivity index (χ1v) is 16.6. The number of carboxylic acid groups (broad SMARTS) is 1. The summed E-state index contributed by atoms with van der Waals surface area (Å²) in [5, 5.41) is 15.1. The van der Waals surface area contributed by atoms with E-state index < -0.39 is 23.8 Å². The van der Waals surface area contributed by atoms with Crippen LogP contribution in [-0.2, 0) is 9.53 Å². The lowest BCUT2D eigenvalue weighted by molar-refractivity contribution is -0.136. The number of fused-ring (bicyclic) bond motifs is 1. The summed E-state index contributed by atoms with van der Waals surface area (Å²) >= 11 is 7.88. The Morgan fingerprint density at radius 1 is 1.08 bits per heavy atom. The zero-order valence-electron chi connectivity index (χ0n) is 26.0. The summed E-state index contributed by atoms with van der Waals surface area (Å²) in [7, 11) is 1.30. The fraction of sp³-hybridized carbons (Fsp3) is 0.235. The summed E-state index contributed by atoms with van der Waals surface area (Å²) in [6.07, 6.45) is 3.29. The molecule has 0 bridgehead atoms. The van der Waals surface area contributed by atoms with Gasteiger partial charge in [-0.2, -0.15) is 0 Å². The molecule has 2 amide bonds. The van der Waals surface area contributed by atoms with Crippen LogP contribution in [0, 0.1) is 5.82 Å². The predicted octanol–water partition coefficient (Wildman–Crippen LogP) is 4.84. The number of benzene rings is 2.